The Morgan fingerprint density at radius 3 is 2.76 bits per heavy atom. The molecule has 0 spiro atoms. The first-order chi connectivity index (χ1) is 10.3. The van der Waals surface area contributed by atoms with Crippen LogP contribution in [0.5, 0.6) is 0 Å². The SMILES string of the molecule is C=CCN1CCC(NC2c3ccccc3CCC2C)CC1. The second kappa shape index (κ2) is 6.76. The predicted molar refractivity (Wildman–Crippen MR) is 89.5 cm³/mol. The summed E-state index contributed by atoms with van der Waals surface area (Å²) < 4.78 is 0. The van der Waals surface area contributed by atoms with E-state index in [2.05, 4.69) is 48.0 Å². The van der Waals surface area contributed by atoms with Crippen LogP contribution in [0.1, 0.15) is 43.4 Å². The lowest BCUT2D eigenvalue weighted by Gasteiger charge is -2.38. The summed E-state index contributed by atoms with van der Waals surface area (Å²) in [5.41, 5.74) is 3.10. The number of rotatable bonds is 4. The van der Waals surface area contributed by atoms with E-state index in [4.69, 9.17) is 0 Å². The molecule has 0 bridgehead atoms. The van der Waals surface area contributed by atoms with Crippen molar-refractivity contribution in [2.45, 2.75) is 44.7 Å². The molecular weight excluding hydrogens is 256 g/mol. The first-order valence-corrected chi connectivity index (χ1v) is 8.45. The highest BCUT2D eigenvalue weighted by atomic mass is 15.1. The van der Waals surface area contributed by atoms with Crippen molar-refractivity contribution in [1.82, 2.24) is 10.2 Å². The summed E-state index contributed by atoms with van der Waals surface area (Å²) >= 11 is 0. The highest BCUT2D eigenvalue weighted by Gasteiger charge is 2.29. The second-order valence-electron chi connectivity index (χ2n) is 6.72. The maximum Gasteiger partial charge on any atom is 0.0351 e. The largest absolute Gasteiger partial charge is 0.307 e. The van der Waals surface area contributed by atoms with Crippen LogP contribution in [0, 0.1) is 5.92 Å². The maximum atomic E-state index is 3.97. The van der Waals surface area contributed by atoms with Gasteiger partial charge in [-0.05, 0) is 55.8 Å². The fourth-order valence-electron chi connectivity index (χ4n) is 3.89. The molecule has 0 amide bonds. The molecule has 1 saturated heterocycles. The van der Waals surface area contributed by atoms with Gasteiger partial charge in [0.15, 0.2) is 0 Å². The van der Waals surface area contributed by atoms with Gasteiger partial charge < -0.3 is 5.32 Å². The van der Waals surface area contributed by atoms with Crippen LogP contribution in [0.25, 0.3) is 0 Å². The number of nitrogens with zero attached hydrogens (tertiary/aromatic N) is 1. The average molecular weight is 284 g/mol. The summed E-state index contributed by atoms with van der Waals surface area (Å²) in [4.78, 5) is 2.50. The fraction of sp³-hybridized carbons (Fsp3) is 0.579. The highest BCUT2D eigenvalue weighted by molar-refractivity contribution is 5.33. The van der Waals surface area contributed by atoms with E-state index in [-0.39, 0.29) is 0 Å². The van der Waals surface area contributed by atoms with Crippen LogP contribution in [0.4, 0.5) is 0 Å². The average Bonchev–Trinajstić information content (AvgIpc) is 2.52. The lowest BCUT2D eigenvalue weighted by molar-refractivity contribution is 0.192. The minimum atomic E-state index is 0.547. The monoisotopic (exact) mass is 284 g/mol. The topological polar surface area (TPSA) is 15.3 Å². The molecule has 2 aliphatic rings. The molecule has 21 heavy (non-hydrogen) atoms. The molecule has 1 aromatic carbocycles. The number of likely N-dealkylation sites (tertiary alicyclic amines) is 1. The summed E-state index contributed by atoms with van der Waals surface area (Å²) in [6.45, 7) is 9.69. The number of nitrogens with one attached hydrogen (secondary N) is 1. The van der Waals surface area contributed by atoms with Crippen molar-refractivity contribution < 1.29 is 0 Å². The summed E-state index contributed by atoms with van der Waals surface area (Å²) in [5.74, 6) is 0.742. The molecule has 2 nitrogen and oxygen atoms in total. The van der Waals surface area contributed by atoms with Crippen molar-refractivity contribution in [3.8, 4) is 0 Å². The Labute approximate surface area is 129 Å². The zero-order valence-electron chi connectivity index (χ0n) is 13.2. The number of piperidine rings is 1. The van der Waals surface area contributed by atoms with E-state index in [9.17, 15) is 0 Å². The van der Waals surface area contributed by atoms with Crippen LogP contribution in [0.15, 0.2) is 36.9 Å². The third-order valence-corrected chi connectivity index (χ3v) is 5.22. The van der Waals surface area contributed by atoms with Crippen molar-refractivity contribution in [1.29, 1.82) is 0 Å². The molecule has 1 fully saturated rings. The van der Waals surface area contributed by atoms with Gasteiger partial charge in [-0.2, -0.15) is 0 Å². The van der Waals surface area contributed by atoms with E-state index in [1.807, 2.05) is 6.08 Å². The van der Waals surface area contributed by atoms with Gasteiger partial charge in [-0.1, -0.05) is 37.3 Å². The molecule has 0 saturated carbocycles. The molecule has 1 aromatic rings. The van der Waals surface area contributed by atoms with E-state index < -0.39 is 0 Å². The molecule has 0 radical (unpaired) electrons. The van der Waals surface area contributed by atoms with E-state index in [1.54, 1.807) is 11.1 Å². The third kappa shape index (κ3) is 3.38. The quantitative estimate of drug-likeness (QED) is 0.851. The van der Waals surface area contributed by atoms with Crippen LogP contribution in [-0.4, -0.2) is 30.6 Å². The van der Waals surface area contributed by atoms with Gasteiger partial charge in [0.1, 0.15) is 0 Å². The number of benzene rings is 1. The van der Waals surface area contributed by atoms with Gasteiger partial charge in [0.05, 0.1) is 0 Å². The Hall–Kier alpha value is -1.12. The number of aryl methyl sites for hydroxylation is 1. The van der Waals surface area contributed by atoms with Gasteiger partial charge in [-0.15, -0.1) is 6.58 Å². The van der Waals surface area contributed by atoms with Crippen molar-refractivity contribution in [3.63, 3.8) is 0 Å². The van der Waals surface area contributed by atoms with Crippen LogP contribution in [0.2, 0.25) is 0 Å². The van der Waals surface area contributed by atoms with Crippen molar-refractivity contribution in [2.24, 2.45) is 5.92 Å². The molecule has 1 heterocycles. The Kier molecular flexibility index (Phi) is 4.77. The summed E-state index contributed by atoms with van der Waals surface area (Å²) in [5, 5.41) is 3.97. The van der Waals surface area contributed by atoms with Gasteiger partial charge in [0.2, 0.25) is 0 Å². The van der Waals surface area contributed by atoms with E-state index >= 15 is 0 Å². The van der Waals surface area contributed by atoms with Crippen molar-refractivity contribution in [2.75, 3.05) is 19.6 Å². The summed E-state index contributed by atoms with van der Waals surface area (Å²) in [6, 6.07) is 10.2. The first kappa shape index (κ1) is 14.8. The molecule has 1 aliphatic heterocycles. The van der Waals surface area contributed by atoms with Crippen LogP contribution >= 0.6 is 0 Å². The minimum absolute atomic E-state index is 0.547. The van der Waals surface area contributed by atoms with Gasteiger partial charge in [0.25, 0.3) is 0 Å². The van der Waals surface area contributed by atoms with Crippen LogP contribution in [-0.2, 0) is 6.42 Å². The maximum absolute atomic E-state index is 3.97. The Morgan fingerprint density at radius 1 is 1.24 bits per heavy atom. The number of hydrogen-bond donors (Lipinski definition) is 1. The Morgan fingerprint density at radius 2 is 2.00 bits per heavy atom. The van der Waals surface area contributed by atoms with Gasteiger partial charge in [0, 0.05) is 18.6 Å². The zero-order chi connectivity index (χ0) is 14.7. The van der Waals surface area contributed by atoms with E-state index in [0.717, 1.165) is 12.5 Å². The van der Waals surface area contributed by atoms with E-state index in [1.165, 1.54) is 38.8 Å². The van der Waals surface area contributed by atoms with Crippen LogP contribution < -0.4 is 5.32 Å². The minimum Gasteiger partial charge on any atom is -0.307 e. The molecular formula is C19H28N2. The predicted octanol–water partition coefficient (Wildman–Crippen LogP) is 3.55. The highest BCUT2D eigenvalue weighted by Crippen LogP contribution is 2.35. The van der Waals surface area contributed by atoms with E-state index in [0.29, 0.717) is 12.1 Å². The lowest BCUT2D eigenvalue weighted by atomic mass is 9.80. The molecule has 1 N–H and O–H groups in total. The van der Waals surface area contributed by atoms with Gasteiger partial charge >= 0.3 is 0 Å². The van der Waals surface area contributed by atoms with Gasteiger partial charge in [-0.3, -0.25) is 4.90 Å². The smallest absolute Gasteiger partial charge is 0.0351 e. The normalized spacial score (nSPS) is 27.3. The standard InChI is InChI=1S/C19H28N2/c1-3-12-21-13-10-17(11-14-21)20-19-15(2)8-9-16-6-4-5-7-18(16)19/h3-7,15,17,19-20H,1,8-14H2,2H3. The molecule has 0 aromatic heterocycles. The molecule has 3 rings (SSSR count). The fourth-order valence-corrected chi connectivity index (χ4v) is 3.89. The van der Waals surface area contributed by atoms with Gasteiger partial charge in [-0.25, -0.2) is 0 Å². The van der Waals surface area contributed by atoms with Crippen LogP contribution in [0.3, 0.4) is 0 Å². The molecule has 2 heteroatoms. The number of fused-ring (bicyclic) bond motifs is 1. The number of hydrogen-bond acceptors (Lipinski definition) is 2. The molecule has 2 unspecified atom stereocenters. The van der Waals surface area contributed by atoms with Crippen molar-refractivity contribution in [3.05, 3.63) is 48.0 Å². The third-order valence-electron chi connectivity index (χ3n) is 5.22. The Balaban J connectivity index is 1.64. The Bertz CT molecular complexity index is 474. The molecule has 114 valence electrons. The lowest BCUT2D eigenvalue weighted by Crippen LogP contribution is -2.45. The molecule has 2 atom stereocenters. The zero-order valence-corrected chi connectivity index (χ0v) is 13.2. The summed E-state index contributed by atoms with van der Waals surface area (Å²) in [6.07, 6.45) is 7.10. The first-order valence-electron chi connectivity index (χ1n) is 8.45. The molecule has 1 aliphatic carbocycles. The second-order valence-corrected chi connectivity index (χ2v) is 6.72. The summed E-state index contributed by atoms with van der Waals surface area (Å²) in [7, 11) is 0. The van der Waals surface area contributed by atoms with Crippen molar-refractivity contribution >= 4 is 0 Å².